The Morgan fingerprint density at radius 3 is 2.15 bits per heavy atom. The average molecular weight is 244 g/mol. The van der Waals surface area contributed by atoms with Crippen LogP contribution in [0.4, 0.5) is 0 Å². The van der Waals surface area contributed by atoms with Crippen LogP contribution >= 0.6 is 0 Å². The molecule has 0 bridgehead atoms. The van der Waals surface area contributed by atoms with Gasteiger partial charge in [0.2, 0.25) is 0 Å². The van der Waals surface area contributed by atoms with Crippen molar-refractivity contribution >= 4 is 32.4 Å². The molecule has 5 heteroatoms. The summed E-state index contributed by atoms with van der Waals surface area (Å²) in [5.41, 5.74) is 0.142. The van der Waals surface area contributed by atoms with Crippen molar-refractivity contribution in [1.29, 1.82) is 0 Å². The maximum atomic E-state index is 10.5. The van der Waals surface area contributed by atoms with Crippen molar-refractivity contribution in [3.05, 3.63) is 29.3 Å². The van der Waals surface area contributed by atoms with E-state index in [1.165, 1.54) is 18.2 Å². The molecule has 0 fully saturated rings. The molecule has 0 unspecified atom stereocenters. The second-order valence-corrected chi connectivity index (χ2v) is 3.24. The molecule has 67 valence electrons. The summed E-state index contributed by atoms with van der Waals surface area (Å²) < 4.78 is 0.326. The van der Waals surface area contributed by atoms with Crippen LogP contribution in [0, 0.1) is 0 Å². The van der Waals surface area contributed by atoms with Crippen LogP contribution in [0.1, 0.15) is 20.7 Å². The average Bonchev–Trinajstić information content (AvgIpc) is 2.03. The van der Waals surface area contributed by atoms with Crippen molar-refractivity contribution in [2.45, 2.75) is 0 Å². The van der Waals surface area contributed by atoms with Crippen LogP contribution in [0.3, 0.4) is 0 Å². The minimum absolute atomic E-state index is 0.0683. The van der Waals surface area contributed by atoms with Crippen LogP contribution in [0.15, 0.2) is 18.2 Å². The van der Waals surface area contributed by atoms with E-state index in [1.54, 1.807) is 0 Å². The molecule has 13 heavy (non-hydrogen) atoms. The maximum absolute atomic E-state index is 10.5. The Morgan fingerprint density at radius 1 is 1.15 bits per heavy atom. The predicted molar refractivity (Wildman–Crippen MR) is 45.7 cm³/mol. The number of carbonyl (C=O) groups is 2. The molecule has 0 amide bonds. The third-order valence-corrected chi connectivity index (χ3v) is 2.17. The Hall–Kier alpha value is -1.32. The molecular formula is C8H5O4Se. The molecule has 0 aliphatic carbocycles. The third-order valence-electron chi connectivity index (χ3n) is 1.46. The number of carboxylic acids is 2. The van der Waals surface area contributed by atoms with E-state index in [9.17, 15) is 9.59 Å². The molecule has 1 aromatic rings. The standard InChI is InChI=1S/C8H5O4Se/c9-7(10)4-1-2-5(8(11)12)6(13)3-4/h1-3H,(H,9,10)(H,11,12). The van der Waals surface area contributed by atoms with Gasteiger partial charge in [0.1, 0.15) is 0 Å². The molecule has 0 aliphatic rings. The summed E-state index contributed by atoms with van der Waals surface area (Å²) in [4.78, 5) is 21.0. The number of benzene rings is 1. The molecule has 2 N–H and O–H groups in total. The van der Waals surface area contributed by atoms with Gasteiger partial charge in [0.15, 0.2) is 0 Å². The van der Waals surface area contributed by atoms with Crippen molar-refractivity contribution in [3.8, 4) is 0 Å². The Balaban J connectivity index is 3.20. The Morgan fingerprint density at radius 2 is 1.77 bits per heavy atom. The quantitative estimate of drug-likeness (QED) is 0.711. The molecule has 1 radical (unpaired) electrons. The van der Waals surface area contributed by atoms with Gasteiger partial charge in [0.25, 0.3) is 0 Å². The van der Waals surface area contributed by atoms with Gasteiger partial charge in [-0.15, -0.1) is 0 Å². The zero-order chi connectivity index (χ0) is 10.0. The van der Waals surface area contributed by atoms with Crippen LogP contribution in [0.2, 0.25) is 0 Å². The number of hydrogen-bond donors (Lipinski definition) is 2. The van der Waals surface area contributed by atoms with Crippen LogP contribution in [0.5, 0.6) is 0 Å². The number of aromatic carboxylic acids is 2. The summed E-state index contributed by atoms with van der Waals surface area (Å²) in [6.45, 7) is 0. The van der Waals surface area contributed by atoms with Gasteiger partial charge in [0, 0.05) is 0 Å². The molecule has 0 aliphatic heterocycles. The van der Waals surface area contributed by atoms with Crippen LogP contribution in [-0.2, 0) is 0 Å². The van der Waals surface area contributed by atoms with Gasteiger partial charge in [0.05, 0.1) is 0 Å². The van der Waals surface area contributed by atoms with E-state index in [0.717, 1.165) is 0 Å². The van der Waals surface area contributed by atoms with Crippen molar-refractivity contribution in [2.24, 2.45) is 0 Å². The topological polar surface area (TPSA) is 74.6 Å². The first-order chi connectivity index (χ1) is 6.02. The van der Waals surface area contributed by atoms with Gasteiger partial charge < -0.3 is 0 Å². The Labute approximate surface area is 82.0 Å². The fourth-order valence-electron chi connectivity index (χ4n) is 0.832. The fraction of sp³-hybridized carbons (Fsp3) is 0. The van der Waals surface area contributed by atoms with Gasteiger partial charge in [-0.2, -0.15) is 0 Å². The van der Waals surface area contributed by atoms with Crippen LogP contribution in [-0.4, -0.2) is 38.2 Å². The molecule has 0 spiro atoms. The molecule has 0 atom stereocenters. The molecule has 4 nitrogen and oxygen atoms in total. The van der Waals surface area contributed by atoms with Gasteiger partial charge in [-0.3, -0.25) is 0 Å². The van der Waals surface area contributed by atoms with E-state index in [0.29, 0.717) is 4.46 Å². The second-order valence-electron chi connectivity index (χ2n) is 2.32. The van der Waals surface area contributed by atoms with Crippen molar-refractivity contribution in [3.63, 3.8) is 0 Å². The SMILES string of the molecule is O=C(O)c1ccc(C(=O)O)c([Se])c1. The Kier molecular flexibility index (Phi) is 2.70. The molecular weight excluding hydrogens is 239 g/mol. The molecule has 0 saturated heterocycles. The van der Waals surface area contributed by atoms with E-state index in [2.05, 4.69) is 16.0 Å². The van der Waals surface area contributed by atoms with E-state index < -0.39 is 11.9 Å². The van der Waals surface area contributed by atoms with Crippen molar-refractivity contribution < 1.29 is 19.8 Å². The predicted octanol–water partition coefficient (Wildman–Crippen LogP) is -0.123. The molecule has 1 aromatic carbocycles. The summed E-state index contributed by atoms with van der Waals surface area (Å²) in [5.74, 6) is -2.15. The first-order valence-corrected chi connectivity index (χ1v) is 4.15. The zero-order valence-electron chi connectivity index (χ0n) is 6.35. The van der Waals surface area contributed by atoms with E-state index in [-0.39, 0.29) is 11.1 Å². The van der Waals surface area contributed by atoms with Gasteiger partial charge in [-0.25, -0.2) is 0 Å². The number of hydrogen-bond acceptors (Lipinski definition) is 2. The van der Waals surface area contributed by atoms with Crippen LogP contribution in [0.25, 0.3) is 0 Å². The summed E-state index contributed by atoms with van der Waals surface area (Å²) in [6, 6.07) is 3.80. The van der Waals surface area contributed by atoms with Gasteiger partial charge in [-0.05, 0) is 0 Å². The van der Waals surface area contributed by atoms with Crippen molar-refractivity contribution in [1.82, 2.24) is 0 Å². The van der Waals surface area contributed by atoms with Gasteiger partial charge >= 0.3 is 81.5 Å². The molecule has 1 rings (SSSR count). The molecule has 0 saturated carbocycles. The normalized spacial score (nSPS) is 9.54. The van der Waals surface area contributed by atoms with Gasteiger partial charge in [-0.1, -0.05) is 0 Å². The van der Waals surface area contributed by atoms with E-state index >= 15 is 0 Å². The fourth-order valence-corrected chi connectivity index (χ4v) is 1.42. The number of carboxylic acid groups (broad SMARTS) is 2. The Bertz CT molecular complexity index is 372. The summed E-state index contributed by atoms with van der Waals surface area (Å²) in [6.07, 6.45) is 0. The van der Waals surface area contributed by atoms with Crippen LogP contribution < -0.4 is 4.46 Å². The summed E-state index contributed by atoms with van der Waals surface area (Å²) in [7, 11) is 0. The summed E-state index contributed by atoms with van der Waals surface area (Å²) >= 11 is 2.50. The first-order valence-electron chi connectivity index (χ1n) is 3.30. The second kappa shape index (κ2) is 3.60. The zero-order valence-corrected chi connectivity index (χ0v) is 8.06. The monoisotopic (exact) mass is 245 g/mol. The van der Waals surface area contributed by atoms with E-state index in [4.69, 9.17) is 10.2 Å². The first kappa shape index (κ1) is 9.77. The molecule has 0 heterocycles. The third kappa shape index (κ3) is 2.08. The number of rotatable bonds is 2. The molecule has 0 aromatic heterocycles. The van der Waals surface area contributed by atoms with Crippen molar-refractivity contribution in [2.75, 3.05) is 0 Å². The summed E-state index contributed by atoms with van der Waals surface area (Å²) in [5, 5.41) is 17.2. The van der Waals surface area contributed by atoms with E-state index in [1.807, 2.05) is 0 Å². The minimum atomic E-state index is -1.08.